The molecule has 0 heterocycles. The van der Waals surface area contributed by atoms with Crippen LogP contribution in [0.1, 0.15) is 52.1 Å². The smallest absolute Gasteiger partial charge is 0.237 e. The highest BCUT2D eigenvalue weighted by Crippen LogP contribution is 2.26. The fourth-order valence-electron chi connectivity index (χ4n) is 2.21. The van der Waals surface area contributed by atoms with Gasteiger partial charge in [-0.05, 0) is 44.4 Å². The van der Waals surface area contributed by atoms with Gasteiger partial charge in [-0.3, -0.25) is 10.1 Å². The lowest BCUT2D eigenvalue weighted by Crippen LogP contribution is -2.46. The zero-order valence-corrected chi connectivity index (χ0v) is 14.6. The Hall–Kier alpha value is -0.770. The van der Waals surface area contributed by atoms with E-state index in [1.54, 1.807) is 12.1 Å². The van der Waals surface area contributed by atoms with Crippen molar-refractivity contribution < 1.29 is 4.79 Å². The second-order valence-electron chi connectivity index (χ2n) is 5.30. The molecule has 3 nitrogen and oxygen atoms in total. The number of hydrogen-bond donors (Lipinski definition) is 2. The van der Waals surface area contributed by atoms with E-state index in [-0.39, 0.29) is 24.0 Å². The number of rotatable bonds is 7. The van der Waals surface area contributed by atoms with E-state index in [0.29, 0.717) is 10.0 Å². The van der Waals surface area contributed by atoms with E-state index in [9.17, 15) is 4.79 Å². The molecule has 0 spiro atoms. The molecule has 0 aliphatic carbocycles. The SMILES string of the molecule is CCC(CC)NC(=O)C(C)NC(C)c1ccc(Cl)cc1Cl. The Labute approximate surface area is 137 Å². The van der Waals surface area contributed by atoms with Crippen LogP contribution < -0.4 is 10.6 Å². The average Bonchev–Trinajstić information content (AvgIpc) is 2.44. The first-order valence-electron chi connectivity index (χ1n) is 7.40. The molecule has 1 rings (SSSR count). The van der Waals surface area contributed by atoms with Gasteiger partial charge < -0.3 is 5.32 Å². The summed E-state index contributed by atoms with van der Waals surface area (Å²) in [6.45, 7) is 7.99. The summed E-state index contributed by atoms with van der Waals surface area (Å²) < 4.78 is 0. The maximum atomic E-state index is 12.1. The first kappa shape index (κ1) is 18.3. The molecular formula is C16H24Cl2N2O. The minimum atomic E-state index is -0.285. The van der Waals surface area contributed by atoms with Crippen molar-refractivity contribution in [3.8, 4) is 0 Å². The molecule has 1 aromatic carbocycles. The molecule has 2 N–H and O–H groups in total. The predicted octanol–water partition coefficient (Wildman–Crippen LogP) is 4.34. The van der Waals surface area contributed by atoms with E-state index in [0.717, 1.165) is 18.4 Å². The van der Waals surface area contributed by atoms with Crippen LogP contribution >= 0.6 is 23.2 Å². The maximum absolute atomic E-state index is 12.1. The third-order valence-corrected chi connectivity index (χ3v) is 4.22. The number of carbonyl (C=O) groups is 1. The van der Waals surface area contributed by atoms with Gasteiger partial charge in [0.15, 0.2) is 0 Å². The molecule has 0 aliphatic rings. The van der Waals surface area contributed by atoms with Gasteiger partial charge in [-0.15, -0.1) is 0 Å². The fraction of sp³-hybridized carbons (Fsp3) is 0.562. The highest BCUT2D eigenvalue weighted by atomic mass is 35.5. The van der Waals surface area contributed by atoms with Crippen molar-refractivity contribution in [3.63, 3.8) is 0 Å². The van der Waals surface area contributed by atoms with Crippen LogP contribution in [-0.2, 0) is 4.79 Å². The highest BCUT2D eigenvalue weighted by molar-refractivity contribution is 6.35. The van der Waals surface area contributed by atoms with Crippen molar-refractivity contribution in [1.29, 1.82) is 0 Å². The topological polar surface area (TPSA) is 41.1 Å². The normalized spacial score (nSPS) is 14.0. The molecule has 5 heteroatoms. The van der Waals surface area contributed by atoms with Crippen LogP contribution in [0.5, 0.6) is 0 Å². The minimum absolute atomic E-state index is 0.0145. The van der Waals surface area contributed by atoms with Crippen LogP contribution in [0.3, 0.4) is 0 Å². The van der Waals surface area contributed by atoms with Crippen molar-refractivity contribution in [1.82, 2.24) is 10.6 Å². The quantitative estimate of drug-likeness (QED) is 0.780. The Bertz CT molecular complexity index is 475. The molecular weight excluding hydrogens is 307 g/mol. The van der Waals surface area contributed by atoms with E-state index in [4.69, 9.17) is 23.2 Å². The van der Waals surface area contributed by atoms with Gasteiger partial charge in [-0.1, -0.05) is 43.1 Å². The van der Waals surface area contributed by atoms with E-state index in [2.05, 4.69) is 24.5 Å². The molecule has 0 aromatic heterocycles. The number of carbonyl (C=O) groups excluding carboxylic acids is 1. The zero-order valence-electron chi connectivity index (χ0n) is 13.0. The summed E-state index contributed by atoms with van der Waals surface area (Å²) in [5, 5.41) is 7.52. The molecule has 0 saturated heterocycles. The van der Waals surface area contributed by atoms with Gasteiger partial charge >= 0.3 is 0 Å². The first-order valence-corrected chi connectivity index (χ1v) is 8.15. The highest BCUT2D eigenvalue weighted by Gasteiger charge is 2.19. The van der Waals surface area contributed by atoms with E-state index < -0.39 is 0 Å². The van der Waals surface area contributed by atoms with Gasteiger partial charge in [0, 0.05) is 22.1 Å². The van der Waals surface area contributed by atoms with Gasteiger partial charge in [-0.2, -0.15) is 0 Å². The summed E-state index contributed by atoms with van der Waals surface area (Å²) in [5.74, 6) is 0.0145. The van der Waals surface area contributed by atoms with Crippen molar-refractivity contribution in [2.45, 2.75) is 58.7 Å². The molecule has 0 aliphatic heterocycles. The van der Waals surface area contributed by atoms with Gasteiger partial charge in [-0.25, -0.2) is 0 Å². The lowest BCUT2D eigenvalue weighted by molar-refractivity contribution is -0.123. The van der Waals surface area contributed by atoms with Crippen LogP contribution in [0.15, 0.2) is 18.2 Å². The number of halogens is 2. The van der Waals surface area contributed by atoms with Crippen molar-refractivity contribution in [2.24, 2.45) is 0 Å². The van der Waals surface area contributed by atoms with Crippen molar-refractivity contribution in [2.75, 3.05) is 0 Å². The molecule has 0 fully saturated rings. The Balaban J connectivity index is 2.64. The van der Waals surface area contributed by atoms with Gasteiger partial charge in [0.25, 0.3) is 0 Å². The average molecular weight is 331 g/mol. The van der Waals surface area contributed by atoms with Crippen LogP contribution in [0.2, 0.25) is 10.0 Å². The Morgan fingerprint density at radius 2 is 1.81 bits per heavy atom. The van der Waals surface area contributed by atoms with Crippen LogP contribution in [0.4, 0.5) is 0 Å². The molecule has 0 bridgehead atoms. The van der Waals surface area contributed by atoms with Gasteiger partial charge in [0.1, 0.15) is 0 Å². The molecule has 1 amide bonds. The number of amides is 1. The van der Waals surface area contributed by atoms with E-state index in [1.165, 1.54) is 0 Å². The first-order chi connectivity index (χ1) is 9.88. The standard InChI is InChI=1S/C16H24Cl2N2O/c1-5-13(6-2)20-16(21)11(4)19-10(3)14-8-7-12(17)9-15(14)18/h7-11,13,19H,5-6H2,1-4H3,(H,20,21). The lowest BCUT2D eigenvalue weighted by atomic mass is 10.1. The molecule has 118 valence electrons. The second-order valence-corrected chi connectivity index (χ2v) is 6.14. The summed E-state index contributed by atoms with van der Waals surface area (Å²) in [4.78, 5) is 12.1. The monoisotopic (exact) mass is 330 g/mol. The van der Waals surface area contributed by atoms with Crippen LogP contribution in [0, 0.1) is 0 Å². The molecule has 0 saturated carbocycles. The van der Waals surface area contributed by atoms with Gasteiger partial charge in [0.2, 0.25) is 5.91 Å². The Morgan fingerprint density at radius 3 is 2.33 bits per heavy atom. The summed E-state index contributed by atoms with van der Waals surface area (Å²) in [5.41, 5.74) is 0.934. The molecule has 2 atom stereocenters. The van der Waals surface area contributed by atoms with Crippen molar-refractivity contribution in [3.05, 3.63) is 33.8 Å². The van der Waals surface area contributed by atoms with E-state index in [1.807, 2.05) is 19.9 Å². The van der Waals surface area contributed by atoms with Crippen LogP contribution in [0.25, 0.3) is 0 Å². The second kappa shape index (κ2) is 8.62. The van der Waals surface area contributed by atoms with Gasteiger partial charge in [0.05, 0.1) is 6.04 Å². The summed E-state index contributed by atoms with van der Waals surface area (Å²) in [7, 11) is 0. The number of benzene rings is 1. The number of hydrogen-bond acceptors (Lipinski definition) is 2. The predicted molar refractivity (Wildman–Crippen MR) is 90.0 cm³/mol. The Morgan fingerprint density at radius 1 is 1.19 bits per heavy atom. The third kappa shape index (κ3) is 5.50. The third-order valence-electron chi connectivity index (χ3n) is 3.65. The minimum Gasteiger partial charge on any atom is -0.352 e. The maximum Gasteiger partial charge on any atom is 0.237 e. The summed E-state index contributed by atoms with van der Waals surface area (Å²) in [6.07, 6.45) is 1.88. The zero-order chi connectivity index (χ0) is 16.0. The summed E-state index contributed by atoms with van der Waals surface area (Å²) >= 11 is 12.1. The fourth-order valence-corrected chi connectivity index (χ4v) is 2.78. The van der Waals surface area contributed by atoms with Crippen LogP contribution in [-0.4, -0.2) is 18.0 Å². The largest absolute Gasteiger partial charge is 0.352 e. The summed E-state index contributed by atoms with van der Waals surface area (Å²) in [6, 6.07) is 5.32. The molecule has 2 unspecified atom stereocenters. The Kier molecular flexibility index (Phi) is 7.50. The van der Waals surface area contributed by atoms with E-state index >= 15 is 0 Å². The molecule has 1 aromatic rings. The molecule has 21 heavy (non-hydrogen) atoms. The number of nitrogens with one attached hydrogen (secondary N) is 2. The van der Waals surface area contributed by atoms with Crippen molar-refractivity contribution >= 4 is 29.1 Å². The lowest BCUT2D eigenvalue weighted by Gasteiger charge is -2.23. The molecule has 0 radical (unpaired) electrons.